The summed E-state index contributed by atoms with van der Waals surface area (Å²) in [6.45, 7) is 4.87. The van der Waals surface area contributed by atoms with Gasteiger partial charge in [-0.1, -0.05) is 65.7 Å². The third-order valence-corrected chi connectivity index (χ3v) is 7.59. The van der Waals surface area contributed by atoms with Crippen LogP contribution in [0.3, 0.4) is 0 Å². The van der Waals surface area contributed by atoms with E-state index < -0.39 is 45.8 Å². The summed E-state index contributed by atoms with van der Waals surface area (Å²) in [5, 5.41) is 3.17. The number of halogens is 3. The van der Waals surface area contributed by atoms with Crippen LogP contribution in [0.15, 0.2) is 72.8 Å². The fraction of sp³-hybridized carbons (Fsp3) is 0.310. The van der Waals surface area contributed by atoms with E-state index in [9.17, 15) is 22.4 Å². The van der Waals surface area contributed by atoms with Crippen LogP contribution in [0.25, 0.3) is 0 Å². The van der Waals surface area contributed by atoms with Crippen molar-refractivity contribution < 1.29 is 22.4 Å². The normalized spacial score (nSPS) is 12.5. The summed E-state index contributed by atoms with van der Waals surface area (Å²) in [7, 11) is -4.00. The molecule has 0 heterocycles. The molecule has 0 aromatic heterocycles. The van der Waals surface area contributed by atoms with Crippen LogP contribution in [0.4, 0.5) is 10.1 Å². The lowest BCUT2D eigenvalue weighted by Crippen LogP contribution is -2.56. The summed E-state index contributed by atoms with van der Waals surface area (Å²) in [5.74, 6) is -1.75. The summed E-state index contributed by atoms with van der Waals surface area (Å²) in [4.78, 5) is 29.0. The van der Waals surface area contributed by atoms with Crippen molar-refractivity contribution in [2.45, 2.75) is 45.3 Å². The Balaban J connectivity index is 2.08. The Kier molecular flexibility index (Phi) is 10.2. The van der Waals surface area contributed by atoms with Crippen LogP contribution in [-0.2, 0) is 32.6 Å². The molecule has 1 atom stereocenters. The number of sulfonamides is 1. The molecule has 0 saturated carbocycles. The number of amides is 2. The fourth-order valence-electron chi connectivity index (χ4n) is 4.05. The lowest BCUT2D eigenvalue weighted by molar-refractivity contribution is -0.140. The molecule has 0 fully saturated rings. The molecule has 0 bridgehead atoms. The van der Waals surface area contributed by atoms with E-state index in [-0.39, 0.29) is 23.7 Å². The topological polar surface area (TPSA) is 86.8 Å². The van der Waals surface area contributed by atoms with Gasteiger partial charge in [-0.3, -0.25) is 13.9 Å². The molecule has 0 radical (unpaired) electrons. The Labute approximate surface area is 244 Å². The zero-order valence-corrected chi connectivity index (χ0v) is 25.0. The molecule has 3 aromatic carbocycles. The molecule has 0 aliphatic carbocycles. The van der Waals surface area contributed by atoms with Crippen molar-refractivity contribution in [1.82, 2.24) is 10.2 Å². The Morgan fingerprint density at radius 1 is 0.950 bits per heavy atom. The first-order valence-electron chi connectivity index (χ1n) is 12.5. The summed E-state index contributed by atoms with van der Waals surface area (Å²) >= 11 is 12.0. The van der Waals surface area contributed by atoms with Crippen LogP contribution in [0.5, 0.6) is 0 Å². The van der Waals surface area contributed by atoms with Crippen LogP contribution in [0.2, 0.25) is 10.0 Å². The van der Waals surface area contributed by atoms with Crippen molar-refractivity contribution in [2.75, 3.05) is 17.1 Å². The van der Waals surface area contributed by atoms with Gasteiger partial charge in [-0.15, -0.1) is 0 Å². The summed E-state index contributed by atoms with van der Waals surface area (Å²) < 4.78 is 40.2. The van der Waals surface area contributed by atoms with Crippen molar-refractivity contribution in [3.8, 4) is 0 Å². The molecule has 214 valence electrons. The predicted octanol–water partition coefficient (Wildman–Crippen LogP) is 5.45. The van der Waals surface area contributed by atoms with E-state index in [4.69, 9.17) is 23.2 Å². The molecule has 3 rings (SSSR count). The smallest absolute Gasteiger partial charge is 0.244 e. The van der Waals surface area contributed by atoms with E-state index >= 15 is 0 Å². The van der Waals surface area contributed by atoms with Gasteiger partial charge < -0.3 is 10.2 Å². The average molecular weight is 609 g/mol. The van der Waals surface area contributed by atoms with Gasteiger partial charge in [0.05, 0.1) is 17.0 Å². The molecule has 7 nitrogen and oxygen atoms in total. The minimum absolute atomic E-state index is 0.00679. The van der Waals surface area contributed by atoms with Crippen LogP contribution in [0, 0.1) is 5.82 Å². The van der Waals surface area contributed by atoms with Gasteiger partial charge >= 0.3 is 0 Å². The number of benzene rings is 3. The molecule has 2 amide bonds. The number of anilines is 1. The Hall–Kier alpha value is -3.14. The fourth-order valence-corrected chi connectivity index (χ4v) is 5.19. The van der Waals surface area contributed by atoms with Crippen molar-refractivity contribution in [1.29, 1.82) is 0 Å². The molecule has 0 aliphatic rings. The van der Waals surface area contributed by atoms with E-state index in [1.807, 2.05) is 51.1 Å². The first kappa shape index (κ1) is 31.4. The zero-order valence-electron chi connectivity index (χ0n) is 22.7. The van der Waals surface area contributed by atoms with Gasteiger partial charge in [-0.25, -0.2) is 12.8 Å². The number of carbonyl (C=O) groups is 2. The highest BCUT2D eigenvalue weighted by molar-refractivity contribution is 7.92. The highest BCUT2D eigenvalue weighted by atomic mass is 35.5. The average Bonchev–Trinajstić information content (AvgIpc) is 2.86. The highest BCUT2D eigenvalue weighted by Crippen LogP contribution is 2.25. The number of carbonyl (C=O) groups excluding carboxylic acids is 2. The molecule has 0 saturated heterocycles. The molecule has 3 aromatic rings. The minimum atomic E-state index is -4.00. The maximum absolute atomic E-state index is 14.0. The first-order valence-corrected chi connectivity index (χ1v) is 15.1. The molecule has 0 unspecified atom stereocenters. The number of hydrogen-bond donors (Lipinski definition) is 1. The third-order valence-electron chi connectivity index (χ3n) is 5.91. The summed E-state index contributed by atoms with van der Waals surface area (Å²) in [5.41, 5.74) is 0.934. The second-order valence-corrected chi connectivity index (χ2v) is 13.2. The van der Waals surface area contributed by atoms with Gasteiger partial charge in [0.15, 0.2) is 0 Å². The van der Waals surface area contributed by atoms with Gasteiger partial charge in [0, 0.05) is 23.5 Å². The van der Waals surface area contributed by atoms with Crippen molar-refractivity contribution in [3.63, 3.8) is 0 Å². The van der Waals surface area contributed by atoms with Crippen LogP contribution >= 0.6 is 23.2 Å². The van der Waals surface area contributed by atoms with E-state index in [2.05, 4.69) is 5.32 Å². The van der Waals surface area contributed by atoms with Crippen LogP contribution < -0.4 is 9.62 Å². The third kappa shape index (κ3) is 8.94. The largest absolute Gasteiger partial charge is 0.350 e. The summed E-state index contributed by atoms with van der Waals surface area (Å²) in [6, 6.07) is 18.5. The highest BCUT2D eigenvalue weighted by Gasteiger charge is 2.34. The van der Waals surface area contributed by atoms with Crippen molar-refractivity contribution in [3.05, 3.63) is 99.8 Å². The zero-order chi connectivity index (χ0) is 29.7. The number of nitrogens with zero attached hydrogens (tertiary/aromatic N) is 2. The van der Waals surface area contributed by atoms with Gasteiger partial charge in [-0.05, 0) is 62.2 Å². The molecular formula is C29H32Cl2FN3O4S. The lowest BCUT2D eigenvalue weighted by atomic mass is 10.0. The number of hydrogen-bond acceptors (Lipinski definition) is 4. The second kappa shape index (κ2) is 13.0. The Morgan fingerprint density at radius 2 is 1.57 bits per heavy atom. The molecule has 1 N–H and O–H groups in total. The lowest BCUT2D eigenvalue weighted by Gasteiger charge is -2.35. The molecular weight excluding hydrogens is 576 g/mol. The van der Waals surface area contributed by atoms with Crippen LogP contribution in [-0.4, -0.2) is 49.5 Å². The quantitative estimate of drug-likeness (QED) is 0.332. The van der Waals surface area contributed by atoms with E-state index in [1.165, 1.54) is 11.0 Å². The van der Waals surface area contributed by atoms with Crippen LogP contribution in [0.1, 0.15) is 31.9 Å². The van der Waals surface area contributed by atoms with E-state index in [0.29, 0.717) is 10.6 Å². The molecule has 11 heteroatoms. The van der Waals surface area contributed by atoms with Crippen molar-refractivity contribution >= 4 is 50.7 Å². The van der Waals surface area contributed by atoms with Gasteiger partial charge in [-0.2, -0.15) is 0 Å². The Bertz CT molecular complexity index is 1450. The van der Waals surface area contributed by atoms with Crippen molar-refractivity contribution in [2.24, 2.45) is 0 Å². The SMILES string of the molecule is CC(C)(C)NC(=O)[C@H](Cc1ccccc1)N(Cc1ccc(Cl)cc1)C(=O)CN(c1ccc(F)c(Cl)c1)S(C)(=O)=O. The van der Waals surface area contributed by atoms with Gasteiger partial charge in [0.1, 0.15) is 18.4 Å². The minimum Gasteiger partial charge on any atom is -0.350 e. The number of rotatable bonds is 10. The first-order chi connectivity index (χ1) is 18.6. The number of nitrogens with one attached hydrogen (secondary N) is 1. The maximum atomic E-state index is 14.0. The second-order valence-electron chi connectivity index (χ2n) is 10.5. The Morgan fingerprint density at radius 3 is 2.12 bits per heavy atom. The molecule has 0 spiro atoms. The van der Waals surface area contributed by atoms with Gasteiger partial charge in [0.2, 0.25) is 21.8 Å². The monoisotopic (exact) mass is 607 g/mol. The van der Waals surface area contributed by atoms with E-state index in [0.717, 1.165) is 28.3 Å². The summed E-state index contributed by atoms with van der Waals surface area (Å²) in [6.07, 6.45) is 1.12. The standard InChI is InChI=1S/C29H32Cl2FN3O4S/c1-29(2,3)33-28(37)26(16-20-8-6-5-7-9-20)34(18-21-10-12-22(30)13-11-21)27(36)19-35(40(4,38)39)23-14-15-25(32)24(31)17-23/h5-15,17,26H,16,18-19H2,1-4H3,(H,33,37)/t26-/m0/s1. The molecule has 0 aliphatic heterocycles. The predicted molar refractivity (Wildman–Crippen MR) is 157 cm³/mol. The molecule has 40 heavy (non-hydrogen) atoms. The van der Waals surface area contributed by atoms with E-state index in [1.54, 1.807) is 24.3 Å². The van der Waals surface area contributed by atoms with Gasteiger partial charge in [0.25, 0.3) is 0 Å². The maximum Gasteiger partial charge on any atom is 0.244 e.